The monoisotopic (exact) mass is 478 g/mol. The van der Waals surface area contributed by atoms with Crippen molar-refractivity contribution < 1.29 is 33.0 Å². The Morgan fingerprint density at radius 3 is 2.09 bits per heavy atom. The number of hydrogen-bond acceptors (Lipinski definition) is 7. The van der Waals surface area contributed by atoms with Crippen LogP contribution >= 0.6 is 0 Å². The SMILES string of the molecule is COc1cc(OC)c(C2C3C(=O)N(c4cccc(F)c4)C(=O)C3ON2c2ccccc2)cc1OC. The molecule has 0 aliphatic carbocycles. The van der Waals surface area contributed by atoms with Crippen molar-refractivity contribution in [2.45, 2.75) is 12.1 Å². The molecule has 2 fully saturated rings. The molecule has 2 saturated heterocycles. The second-order valence-corrected chi connectivity index (χ2v) is 8.10. The van der Waals surface area contributed by atoms with Gasteiger partial charge >= 0.3 is 0 Å². The summed E-state index contributed by atoms with van der Waals surface area (Å²) >= 11 is 0. The van der Waals surface area contributed by atoms with Gasteiger partial charge in [-0.15, -0.1) is 0 Å². The number of benzene rings is 3. The summed E-state index contributed by atoms with van der Waals surface area (Å²) in [5, 5.41) is 1.55. The molecular formula is C26H23FN2O6. The molecule has 8 nitrogen and oxygen atoms in total. The van der Waals surface area contributed by atoms with Crippen LogP contribution in [0, 0.1) is 11.7 Å². The first-order chi connectivity index (χ1) is 17.0. The highest BCUT2D eigenvalue weighted by molar-refractivity contribution is 6.24. The van der Waals surface area contributed by atoms with Crippen LogP contribution in [0.3, 0.4) is 0 Å². The predicted molar refractivity (Wildman–Crippen MR) is 125 cm³/mol. The van der Waals surface area contributed by atoms with Crippen LogP contribution in [-0.4, -0.2) is 39.2 Å². The molecule has 0 radical (unpaired) electrons. The number of amides is 2. The largest absolute Gasteiger partial charge is 0.496 e. The predicted octanol–water partition coefficient (Wildman–Crippen LogP) is 3.90. The van der Waals surface area contributed by atoms with E-state index < -0.39 is 35.7 Å². The van der Waals surface area contributed by atoms with E-state index in [1.54, 1.807) is 17.2 Å². The van der Waals surface area contributed by atoms with Crippen LogP contribution in [0.5, 0.6) is 17.2 Å². The normalized spacial score (nSPS) is 21.3. The zero-order valence-electron chi connectivity index (χ0n) is 19.3. The summed E-state index contributed by atoms with van der Waals surface area (Å²) < 4.78 is 30.5. The lowest BCUT2D eigenvalue weighted by atomic mass is 9.89. The van der Waals surface area contributed by atoms with Crippen molar-refractivity contribution in [1.29, 1.82) is 0 Å². The molecule has 180 valence electrons. The molecule has 2 heterocycles. The lowest BCUT2D eigenvalue weighted by molar-refractivity contribution is -0.126. The maximum atomic E-state index is 13.9. The second-order valence-electron chi connectivity index (χ2n) is 8.10. The van der Waals surface area contributed by atoms with Gasteiger partial charge in [0.25, 0.3) is 5.91 Å². The molecular weight excluding hydrogens is 455 g/mol. The van der Waals surface area contributed by atoms with Gasteiger partial charge in [0, 0.05) is 11.6 Å². The Hall–Kier alpha value is -4.11. The van der Waals surface area contributed by atoms with Crippen LogP contribution in [0.25, 0.3) is 0 Å². The Morgan fingerprint density at radius 1 is 0.771 bits per heavy atom. The van der Waals surface area contributed by atoms with E-state index in [1.165, 1.54) is 39.5 Å². The Labute approximate surface area is 201 Å². The highest BCUT2D eigenvalue weighted by Gasteiger charge is 2.61. The van der Waals surface area contributed by atoms with Crippen molar-refractivity contribution in [1.82, 2.24) is 0 Å². The van der Waals surface area contributed by atoms with E-state index in [0.717, 1.165) is 11.0 Å². The van der Waals surface area contributed by atoms with E-state index in [9.17, 15) is 14.0 Å². The van der Waals surface area contributed by atoms with Gasteiger partial charge in [-0.25, -0.2) is 14.4 Å². The Morgan fingerprint density at radius 2 is 1.43 bits per heavy atom. The van der Waals surface area contributed by atoms with E-state index >= 15 is 0 Å². The minimum Gasteiger partial charge on any atom is -0.496 e. The van der Waals surface area contributed by atoms with Crippen molar-refractivity contribution in [3.63, 3.8) is 0 Å². The molecule has 0 aromatic heterocycles. The number of halogens is 1. The zero-order chi connectivity index (χ0) is 24.7. The zero-order valence-corrected chi connectivity index (χ0v) is 19.3. The third-order valence-electron chi connectivity index (χ3n) is 6.25. The number of fused-ring (bicyclic) bond motifs is 1. The highest BCUT2D eigenvalue weighted by Crippen LogP contribution is 2.51. The second kappa shape index (κ2) is 8.92. The Balaban J connectivity index is 1.66. The number of anilines is 2. The third-order valence-corrected chi connectivity index (χ3v) is 6.25. The number of ether oxygens (including phenoxy) is 3. The van der Waals surface area contributed by atoms with Gasteiger partial charge in [0.15, 0.2) is 17.6 Å². The van der Waals surface area contributed by atoms with Gasteiger partial charge in [-0.1, -0.05) is 24.3 Å². The van der Waals surface area contributed by atoms with Gasteiger partial charge in [0.2, 0.25) is 5.91 Å². The van der Waals surface area contributed by atoms with Crippen LogP contribution in [0.15, 0.2) is 66.7 Å². The van der Waals surface area contributed by atoms with E-state index in [-0.39, 0.29) is 5.69 Å². The molecule has 3 aromatic carbocycles. The van der Waals surface area contributed by atoms with E-state index in [1.807, 2.05) is 30.3 Å². The molecule has 5 rings (SSSR count). The number of carbonyl (C=O) groups excluding carboxylic acids is 2. The van der Waals surface area contributed by atoms with Gasteiger partial charge < -0.3 is 14.2 Å². The number of rotatable bonds is 6. The first-order valence-corrected chi connectivity index (χ1v) is 10.9. The van der Waals surface area contributed by atoms with Gasteiger partial charge in [0.05, 0.1) is 32.7 Å². The molecule has 2 aliphatic rings. The third kappa shape index (κ3) is 3.64. The average molecular weight is 478 g/mol. The summed E-state index contributed by atoms with van der Waals surface area (Å²) in [6, 6.07) is 17.2. The van der Waals surface area contributed by atoms with Gasteiger partial charge in [0.1, 0.15) is 23.5 Å². The number of nitrogens with zero attached hydrogens (tertiary/aromatic N) is 2. The van der Waals surface area contributed by atoms with Crippen molar-refractivity contribution in [3.8, 4) is 17.2 Å². The topological polar surface area (TPSA) is 77.5 Å². The Kier molecular flexibility index (Phi) is 5.78. The Bertz CT molecular complexity index is 1280. The number of para-hydroxylation sites is 1. The maximum absolute atomic E-state index is 13.9. The van der Waals surface area contributed by atoms with Crippen molar-refractivity contribution >= 4 is 23.2 Å². The number of hydroxylamine groups is 1. The van der Waals surface area contributed by atoms with Crippen molar-refractivity contribution in [2.75, 3.05) is 31.3 Å². The van der Waals surface area contributed by atoms with E-state index in [0.29, 0.717) is 28.5 Å². The lowest BCUT2D eigenvalue weighted by Gasteiger charge is -2.30. The summed E-state index contributed by atoms with van der Waals surface area (Å²) in [4.78, 5) is 34.2. The van der Waals surface area contributed by atoms with Crippen LogP contribution in [-0.2, 0) is 14.4 Å². The number of imide groups is 1. The number of carbonyl (C=O) groups is 2. The first-order valence-electron chi connectivity index (χ1n) is 10.9. The number of hydrogen-bond donors (Lipinski definition) is 0. The molecule has 35 heavy (non-hydrogen) atoms. The highest BCUT2D eigenvalue weighted by atomic mass is 19.1. The molecule has 3 unspecified atom stereocenters. The fourth-order valence-electron chi connectivity index (χ4n) is 4.68. The van der Waals surface area contributed by atoms with Crippen molar-refractivity contribution in [3.05, 3.63) is 78.1 Å². The maximum Gasteiger partial charge on any atom is 0.266 e. The molecule has 3 atom stereocenters. The molecule has 0 saturated carbocycles. The summed E-state index contributed by atoms with van der Waals surface area (Å²) in [6.07, 6.45) is -1.10. The summed E-state index contributed by atoms with van der Waals surface area (Å²) in [7, 11) is 4.52. The summed E-state index contributed by atoms with van der Waals surface area (Å²) in [5.41, 5.74) is 1.38. The quantitative estimate of drug-likeness (QED) is 0.498. The van der Waals surface area contributed by atoms with E-state index in [4.69, 9.17) is 19.0 Å². The fraction of sp³-hybridized carbons (Fsp3) is 0.231. The minimum atomic E-state index is -1.10. The van der Waals surface area contributed by atoms with Crippen LogP contribution in [0.1, 0.15) is 11.6 Å². The van der Waals surface area contributed by atoms with E-state index in [2.05, 4.69) is 0 Å². The van der Waals surface area contributed by atoms with Gasteiger partial charge in [-0.2, -0.15) is 0 Å². The summed E-state index contributed by atoms with van der Waals surface area (Å²) in [5.74, 6) is -1.21. The van der Waals surface area contributed by atoms with Crippen LogP contribution < -0.4 is 24.2 Å². The molecule has 9 heteroatoms. The summed E-state index contributed by atoms with van der Waals surface area (Å²) in [6.45, 7) is 0. The molecule has 2 amide bonds. The molecule has 0 bridgehead atoms. The van der Waals surface area contributed by atoms with Crippen LogP contribution in [0.4, 0.5) is 15.8 Å². The molecule has 2 aliphatic heterocycles. The molecule has 0 spiro atoms. The smallest absolute Gasteiger partial charge is 0.266 e. The minimum absolute atomic E-state index is 0.155. The van der Waals surface area contributed by atoms with Gasteiger partial charge in [-0.05, 0) is 36.4 Å². The van der Waals surface area contributed by atoms with Crippen molar-refractivity contribution in [2.24, 2.45) is 5.92 Å². The fourth-order valence-corrected chi connectivity index (χ4v) is 4.68. The first kappa shape index (κ1) is 22.7. The standard InChI is InChI=1S/C26H23FN2O6/c1-32-19-14-21(34-3)20(33-2)13-18(19)23-22-24(35-29(23)16-9-5-4-6-10-16)26(31)28(25(22)30)17-11-7-8-15(27)12-17/h4-14,22-24H,1-3H3. The van der Waals surface area contributed by atoms with Crippen LogP contribution in [0.2, 0.25) is 0 Å². The lowest BCUT2D eigenvalue weighted by Crippen LogP contribution is -2.37. The van der Waals surface area contributed by atoms with Gasteiger partial charge in [-0.3, -0.25) is 14.4 Å². The average Bonchev–Trinajstić information content (AvgIpc) is 3.39. The number of methoxy groups -OCH3 is 3. The molecule has 3 aromatic rings. The molecule has 0 N–H and O–H groups in total.